The topological polar surface area (TPSA) is 40.5 Å². The van der Waals surface area contributed by atoms with Crippen molar-refractivity contribution in [1.29, 1.82) is 0 Å². The van der Waals surface area contributed by atoms with Crippen LogP contribution in [0.15, 0.2) is 18.2 Å². The van der Waals surface area contributed by atoms with Crippen LogP contribution in [0.25, 0.3) is 0 Å². The van der Waals surface area contributed by atoms with E-state index in [1.807, 2.05) is 24.8 Å². The molecule has 4 rings (SSSR count). The number of likely N-dealkylation sites (tertiary alicyclic amines) is 1. The molecule has 1 spiro atoms. The quantitative estimate of drug-likeness (QED) is 0.925. The van der Waals surface area contributed by atoms with E-state index in [4.69, 9.17) is 0 Å². The Morgan fingerprint density at radius 2 is 1.96 bits per heavy atom. The Kier molecular flexibility index (Phi) is 3.54. The summed E-state index contributed by atoms with van der Waals surface area (Å²) in [5, 5.41) is 9.79. The molecular weight excluding hydrogens is 305 g/mol. The van der Waals surface area contributed by atoms with Crippen LogP contribution in [0.1, 0.15) is 43.7 Å². The highest BCUT2D eigenvalue weighted by atomic mass is 19.1. The Balaban J connectivity index is 1.25. The van der Waals surface area contributed by atoms with E-state index >= 15 is 0 Å². The fourth-order valence-corrected chi connectivity index (χ4v) is 5.12. The predicted octanol–water partition coefficient (Wildman–Crippen LogP) is 3.08. The van der Waals surface area contributed by atoms with Crippen molar-refractivity contribution in [1.82, 2.24) is 4.90 Å². The van der Waals surface area contributed by atoms with E-state index in [1.165, 1.54) is 18.4 Å². The molecule has 0 bridgehead atoms. The molecule has 2 aliphatic carbocycles. The number of aryl methyl sites for hydroxylation is 1. The third-order valence-corrected chi connectivity index (χ3v) is 6.34. The molecule has 1 aromatic carbocycles. The van der Waals surface area contributed by atoms with Gasteiger partial charge in [0.1, 0.15) is 5.82 Å². The number of carbonyl (C=O) groups excluding carboxylic acids is 1. The summed E-state index contributed by atoms with van der Waals surface area (Å²) in [5.41, 5.74) is 2.01. The molecule has 4 heteroatoms. The average Bonchev–Trinajstić information content (AvgIpc) is 2.38. The van der Waals surface area contributed by atoms with E-state index in [2.05, 4.69) is 0 Å². The molecule has 24 heavy (non-hydrogen) atoms. The van der Waals surface area contributed by atoms with Gasteiger partial charge in [0.25, 0.3) is 0 Å². The second kappa shape index (κ2) is 5.29. The molecule has 0 unspecified atom stereocenters. The van der Waals surface area contributed by atoms with Crippen LogP contribution in [0.5, 0.6) is 0 Å². The molecule has 1 aromatic rings. The Morgan fingerprint density at radius 1 is 1.29 bits per heavy atom. The minimum absolute atomic E-state index is 0.0371. The second-order valence-electron chi connectivity index (χ2n) is 8.85. The van der Waals surface area contributed by atoms with Gasteiger partial charge in [0, 0.05) is 24.4 Å². The average molecular weight is 331 g/mol. The van der Waals surface area contributed by atoms with Crippen molar-refractivity contribution >= 4 is 5.91 Å². The molecule has 0 atom stereocenters. The van der Waals surface area contributed by atoms with Gasteiger partial charge >= 0.3 is 0 Å². The number of halogens is 1. The number of hydrogen-bond acceptors (Lipinski definition) is 2. The van der Waals surface area contributed by atoms with Gasteiger partial charge in [0.2, 0.25) is 5.91 Å². The summed E-state index contributed by atoms with van der Waals surface area (Å²) in [5.74, 6) is 0.778. The molecule has 3 fully saturated rings. The van der Waals surface area contributed by atoms with Gasteiger partial charge in [-0.25, -0.2) is 4.39 Å². The lowest BCUT2D eigenvalue weighted by atomic mass is 9.56. The monoisotopic (exact) mass is 331 g/mol. The first-order valence-corrected chi connectivity index (χ1v) is 9.02. The molecule has 0 aromatic heterocycles. The van der Waals surface area contributed by atoms with Gasteiger partial charge in [-0.3, -0.25) is 4.79 Å². The summed E-state index contributed by atoms with van der Waals surface area (Å²) in [6.07, 6.45) is 4.60. The van der Waals surface area contributed by atoms with Crippen LogP contribution in [0.3, 0.4) is 0 Å². The zero-order valence-corrected chi connectivity index (χ0v) is 14.5. The summed E-state index contributed by atoms with van der Waals surface area (Å²) >= 11 is 0. The second-order valence-corrected chi connectivity index (χ2v) is 8.85. The molecular formula is C20H26FNO2. The number of nitrogens with zero attached hydrogens (tertiary/aromatic N) is 1. The zero-order valence-electron chi connectivity index (χ0n) is 14.5. The molecule has 1 N–H and O–H groups in total. The molecule has 1 saturated heterocycles. The summed E-state index contributed by atoms with van der Waals surface area (Å²) < 4.78 is 13.2. The lowest BCUT2D eigenvalue weighted by Crippen LogP contribution is -2.66. The SMILES string of the molecule is Cc1cc(F)ccc1CC1CC2(C1)CN(C(=O)[C@H]1C[C@@](C)(O)C1)C2. The van der Waals surface area contributed by atoms with Gasteiger partial charge in [-0.1, -0.05) is 6.07 Å². The van der Waals surface area contributed by atoms with Crippen LogP contribution >= 0.6 is 0 Å². The molecule has 2 saturated carbocycles. The van der Waals surface area contributed by atoms with Crippen LogP contribution in [-0.2, 0) is 11.2 Å². The number of carbonyl (C=O) groups is 1. The van der Waals surface area contributed by atoms with Crippen molar-refractivity contribution in [2.75, 3.05) is 13.1 Å². The maximum Gasteiger partial charge on any atom is 0.225 e. The lowest BCUT2D eigenvalue weighted by molar-refractivity contribution is -0.171. The first-order chi connectivity index (χ1) is 11.3. The summed E-state index contributed by atoms with van der Waals surface area (Å²) in [6, 6.07) is 5.07. The molecule has 3 aliphatic rings. The maximum absolute atomic E-state index is 13.2. The Morgan fingerprint density at radius 3 is 2.54 bits per heavy atom. The van der Waals surface area contributed by atoms with Crippen LogP contribution in [0.2, 0.25) is 0 Å². The number of hydrogen-bond donors (Lipinski definition) is 1. The Bertz CT molecular complexity index is 662. The van der Waals surface area contributed by atoms with E-state index in [9.17, 15) is 14.3 Å². The lowest BCUT2D eigenvalue weighted by Gasteiger charge is -2.60. The minimum Gasteiger partial charge on any atom is -0.390 e. The van der Waals surface area contributed by atoms with Crippen molar-refractivity contribution in [3.63, 3.8) is 0 Å². The maximum atomic E-state index is 13.2. The van der Waals surface area contributed by atoms with Crippen molar-refractivity contribution in [2.24, 2.45) is 17.3 Å². The third-order valence-electron chi connectivity index (χ3n) is 6.34. The smallest absolute Gasteiger partial charge is 0.225 e. The van der Waals surface area contributed by atoms with Crippen molar-refractivity contribution in [3.8, 4) is 0 Å². The molecule has 130 valence electrons. The summed E-state index contributed by atoms with van der Waals surface area (Å²) in [6.45, 7) is 5.57. The minimum atomic E-state index is -0.628. The molecule has 3 nitrogen and oxygen atoms in total. The number of rotatable bonds is 3. The number of aliphatic hydroxyl groups is 1. The van der Waals surface area contributed by atoms with Crippen LogP contribution in [0, 0.1) is 30.0 Å². The van der Waals surface area contributed by atoms with Gasteiger partial charge < -0.3 is 10.0 Å². The fourth-order valence-electron chi connectivity index (χ4n) is 5.12. The van der Waals surface area contributed by atoms with Crippen molar-refractivity contribution in [3.05, 3.63) is 35.1 Å². The van der Waals surface area contributed by atoms with Gasteiger partial charge in [-0.05, 0) is 75.1 Å². The highest BCUT2D eigenvalue weighted by Crippen LogP contribution is 2.54. The van der Waals surface area contributed by atoms with E-state index in [0.29, 0.717) is 24.2 Å². The standard InChI is InChI=1S/C20H26FNO2/c1-13-5-17(21)4-3-15(13)6-14-7-20(8-14)11-22(12-20)18(23)16-9-19(2,24)10-16/h3-5,14,16,24H,6-12H2,1-2H3/t16-,19+. The van der Waals surface area contributed by atoms with Gasteiger partial charge in [0.05, 0.1) is 5.60 Å². The van der Waals surface area contributed by atoms with Crippen LogP contribution in [-0.4, -0.2) is 34.6 Å². The molecule has 1 amide bonds. The summed E-state index contributed by atoms with van der Waals surface area (Å²) in [7, 11) is 0. The van der Waals surface area contributed by atoms with E-state index in [0.717, 1.165) is 25.1 Å². The highest BCUT2D eigenvalue weighted by Gasteiger charge is 2.55. The first-order valence-electron chi connectivity index (χ1n) is 9.02. The molecule has 1 aliphatic heterocycles. The van der Waals surface area contributed by atoms with Crippen LogP contribution < -0.4 is 0 Å². The zero-order chi connectivity index (χ0) is 17.1. The molecule has 0 radical (unpaired) electrons. The molecule has 1 heterocycles. The first kappa shape index (κ1) is 16.1. The van der Waals surface area contributed by atoms with Crippen molar-refractivity contribution < 1.29 is 14.3 Å². The van der Waals surface area contributed by atoms with E-state index in [1.54, 1.807) is 12.1 Å². The summed E-state index contributed by atoms with van der Waals surface area (Å²) in [4.78, 5) is 14.3. The normalized spacial score (nSPS) is 31.3. The van der Waals surface area contributed by atoms with E-state index < -0.39 is 5.60 Å². The van der Waals surface area contributed by atoms with Gasteiger partial charge in [0.15, 0.2) is 0 Å². The van der Waals surface area contributed by atoms with Crippen molar-refractivity contribution in [2.45, 2.75) is 51.6 Å². The number of amides is 1. The number of benzene rings is 1. The van der Waals surface area contributed by atoms with Gasteiger partial charge in [-0.15, -0.1) is 0 Å². The largest absolute Gasteiger partial charge is 0.390 e. The van der Waals surface area contributed by atoms with Gasteiger partial charge in [-0.2, -0.15) is 0 Å². The third kappa shape index (κ3) is 2.75. The highest BCUT2D eigenvalue weighted by molar-refractivity contribution is 5.81. The Hall–Kier alpha value is -1.42. The van der Waals surface area contributed by atoms with E-state index in [-0.39, 0.29) is 17.6 Å². The Labute approximate surface area is 142 Å². The fraction of sp³-hybridized carbons (Fsp3) is 0.650. The predicted molar refractivity (Wildman–Crippen MR) is 89.9 cm³/mol. The van der Waals surface area contributed by atoms with Crippen LogP contribution in [0.4, 0.5) is 4.39 Å².